The molecule has 1 aromatic rings. The number of rotatable bonds is 4. The molecule has 182 valence electrons. The Morgan fingerprint density at radius 3 is 2.50 bits per heavy atom. The van der Waals surface area contributed by atoms with Gasteiger partial charge in [0.05, 0.1) is 0 Å². The monoisotopic (exact) mass is 465 g/mol. The molecule has 34 heavy (non-hydrogen) atoms. The number of hydrogen-bond donors (Lipinski definition) is 2. The van der Waals surface area contributed by atoms with Crippen LogP contribution in [0.3, 0.4) is 0 Å². The van der Waals surface area contributed by atoms with Crippen molar-refractivity contribution in [1.82, 2.24) is 20.4 Å². The Balaban J connectivity index is 1.03. The summed E-state index contributed by atoms with van der Waals surface area (Å²) >= 11 is 0. The van der Waals surface area contributed by atoms with E-state index in [0.717, 1.165) is 43.3 Å². The van der Waals surface area contributed by atoms with E-state index >= 15 is 0 Å². The third kappa shape index (κ3) is 4.01. The van der Waals surface area contributed by atoms with Crippen molar-refractivity contribution in [2.24, 2.45) is 11.3 Å². The Morgan fingerprint density at radius 1 is 1.00 bits per heavy atom. The molecule has 0 bridgehead atoms. The van der Waals surface area contributed by atoms with Crippen LogP contribution in [0.2, 0.25) is 0 Å². The average Bonchev–Trinajstić information content (AvgIpc) is 3.15. The van der Waals surface area contributed by atoms with Gasteiger partial charge in [0.1, 0.15) is 6.04 Å². The number of piperidine rings is 2. The number of piperazine rings is 1. The average molecular weight is 466 g/mol. The fourth-order valence-corrected chi connectivity index (χ4v) is 6.97. The van der Waals surface area contributed by atoms with Crippen LogP contribution in [0.4, 0.5) is 5.69 Å². The quantitative estimate of drug-likeness (QED) is 0.653. The van der Waals surface area contributed by atoms with E-state index in [1.54, 1.807) is 4.90 Å². The molecule has 0 aromatic heterocycles. The molecule has 1 unspecified atom stereocenters. The van der Waals surface area contributed by atoms with E-state index in [-0.39, 0.29) is 24.1 Å². The van der Waals surface area contributed by atoms with E-state index in [9.17, 15) is 14.4 Å². The highest BCUT2D eigenvalue weighted by molar-refractivity contribution is 6.05. The minimum Gasteiger partial charge on any atom is -0.369 e. The predicted molar refractivity (Wildman–Crippen MR) is 128 cm³/mol. The van der Waals surface area contributed by atoms with E-state index in [0.29, 0.717) is 23.9 Å². The van der Waals surface area contributed by atoms with Gasteiger partial charge in [-0.15, -0.1) is 0 Å². The van der Waals surface area contributed by atoms with Crippen molar-refractivity contribution in [3.05, 3.63) is 29.3 Å². The molecule has 1 aromatic carbocycles. The van der Waals surface area contributed by atoms with Crippen LogP contribution in [0.15, 0.2) is 18.2 Å². The minimum absolute atomic E-state index is 0.104. The SMILES string of the molecule is O=C1CCC(N2Cc3cc(N4CCN(CC5CC6(CCNCC6)C5)CC4)ccc3C2=O)C(=O)N1. The summed E-state index contributed by atoms with van der Waals surface area (Å²) in [5.74, 6) is 0.156. The van der Waals surface area contributed by atoms with Gasteiger partial charge < -0.3 is 15.1 Å². The van der Waals surface area contributed by atoms with E-state index < -0.39 is 6.04 Å². The Bertz CT molecular complexity index is 988. The van der Waals surface area contributed by atoms with Gasteiger partial charge in [-0.25, -0.2) is 0 Å². The Morgan fingerprint density at radius 2 is 1.76 bits per heavy atom. The molecule has 3 amide bonds. The fourth-order valence-electron chi connectivity index (χ4n) is 6.97. The molecule has 5 aliphatic rings. The molecule has 3 saturated heterocycles. The molecule has 1 spiro atoms. The van der Waals surface area contributed by atoms with Crippen LogP contribution in [0.5, 0.6) is 0 Å². The van der Waals surface area contributed by atoms with Crippen molar-refractivity contribution in [3.63, 3.8) is 0 Å². The molecular weight excluding hydrogens is 430 g/mol. The maximum atomic E-state index is 12.9. The molecule has 8 heteroatoms. The zero-order chi connectivity index (χ0) is 23.3. The van der Waals surface area contributed by atoms with Gasteiger partial charge in [0.2, 0.25) is 11.8 Å². The molecular formula is C26H35N5O3. The van der Waals surface area contributed by atoms with Gasteiger partial charge in [-0.2, -0.15) is 0 Å². The van der Waals surface area contributed by atoms with Crippen molar-refractivity contribution in [3.8, 4) is 0 Å². The van der Waals surface area contributed by atoms with Crippen LogP contribution in [0.25, 0.3) is 0 Å². The van der Waals surface area contributed by atoms with Crippen LogP contribution in [0, 0.1) is 11.3 Å². The summed E-state index contributed by atoms with van der Waals surface area (Å²) in [7, 11) is 0. The summed E-state index contributed by atoms with van der Waals surface area (Å²) in [5, 5.41) is 5.87. The number of nitrogens with one attached hydrogen (secondary N) is 2. The molecule has 4 aliphatic heterocycles. The summed E-state index contributed by atoms with van der Waals surface area (Å²) in [6.07, 6.45) is 6.23. The first-order valence-corrected chi connectivity index (χ1v) is 13.0. The first-order chi connectivity index (χ1) is 16.5. The second-order valence-electron chi connectivity index (χ2n) is 11.1. The maximum absolute atomic E-state index is 12.9. The van der Waals surface area contributed by atoms with Crippen LogP contribution in [0.1, 0.15) is 54.4 Å². The molecule has 2 N–H and O–H groups in total. The molecule has 4 heterocycles. The number of amides is 3. The van der Waals surface area contributed by atoms with Crippen LogP contribution in [-0.4, -0.2) is 79.4 Å². The van der Waals surface area contributed by atoms with Crippen molar-refractivity contribution < 1.29 is 14.4 Å². The van der Waals surface area contributed by atoms with Gasteiger partial charge in [0, 0.05) is 56.9 Å². The minimum atomic E-state index is -0.555. The van der Waals surface area contributed by atoms with E-state index in [1.165, 1.54) is 45.3 Å². The lowest BCUT2D eigenvalue weighted by atomic mass is 9.57. The highest BCUT2D eigenvalue weighted by atomic mass is 16.2. The molecule has 8 nitrogen and oxygen atoms in total. The molecule has 0 radical (unpaired) electrons. The zero-order valence-electron chi connectivity index (χ0n) is 19.9. The second kappa shape index (κ2) is 8.64. The normalized spacial score (nSPS) is 27.6. The van der Waals surface area contributed by atoms with Gasteiger partial charge in [-0.3, -0.25) is 24.6 Å². The van der Waals surface area contributed by atoms with E-state index in [1.807, 2.05) is 12.1 Å². The fraction of sp³-hybridized carbons (Fsp3) is 0.654. The summed E-state index contributed by atoms with van der Waals surface area (Å²) in [5.41, 5.74) is 3.48. The standard InChI is InChI=1S/C26H35N5O3/c32-23-4-3-22(24(33)28-23)31-17-19-13-20(1-2-21(19)25(31)34)30-11-9-29(10-12-30)16-18-14-26(15-18)5-7-27-8-6-26/h1-2,13,18,22,27H,3-12,14-17H2,(H,28,32,33). The predicted octanol–water partition coefficient (Wildman–Crippen LogP) is 1.35. The van der Waals surface area contributed by atoms with Gasteiger partial charge in [-0.05, 0) is 80.3 Å². The summed E-state index contributed by atoms with van der Waals surface area (Å²) in [4.78, 5) is 43.4. The lowest BCUT2D eigenvalue weighted by molar-refractivity contribution is -0.136. The number of hydrogen-bond acceptors (Lipinski definition) is 6. The highest BCUT2D eigenvalue weighted by Crippen LogP contribution is 2.51. The van der Waals surface area contributed by atoms with Crippen LogP contribution >= 0.6 is 0 Å². The van der Waals surface area contributed by atoms with Crippen molar-refractivity contribution in [1.29, 1.82) is 0 Å². The van der Waals surface area contributed by atoms with Crippen molar-refractivity contribution in [2.75, 3.05) is 50.7 Å². The topological polar surface area (TPSA) is 85.0 Å². The summed E-state index contributed by atoms with van der Waals surface area (Å²) in [6, 6.07) is 5.53. The van der Waals surface area contributed by atoms with Crippen LogP contribution < -0.4 is 15.5 Å². The van der Waals surface area contributed by atoms with Crippen molar-refractivity contribution in [2.45, 2.75) is 51.1 Å². The lowest BCUT2D eigenvalue weighted by Gasteiger charge is -2.52. The van der Waals surface area contributed by atoms with Crippen molar-refractivity contribution >= 4 is 23.4 Å². The molecule has 6 rings (SSSR count). The number of benzene rings is 1. The van der Waals surface area contributed by atoms with Gasteiger partial charge in [0.25, 0.3) is 5.91 Å². The lowest BCUT2D eigenvalue weighted by Crippen LogP contribution is -2.52. The van der Waals surface area contributed by atoms with Gasteiger partial charge >= 0.3 is 0 Å². The number of fused-ring (bicyclic) bond motifs is 1. The Kier molecular flexibility index (Phi) is 5.60. The Labute approximate surface area is 201 Å². The van der Waals surface area contributed by atoms with Gasteiger partial charge in [-0.1, -0.05) is 0 Å². The number of anilines is 1. The zero-order valence-corrected chi connectivity index (χ0v) is 19.9. The third-order valence-electron chi connectivity index (χ3n) is 8.87. The summed E-state index contributed by atoms with van der Waals surface area (Å²) < 4.78 is 0. The second-order valence-corrected chi connectivity index (χ2v) is 11.1. The van der Waals surface area contributed by atoms with Crippen LogP contribution in [-0.2, 0) is 16.1 Å². The molecule has 1 aliphatic carbocycles. The molecule has 1 atom stereocenters. The third-order valence-corrected chi connectivity index (χ3v) is 8.87. The maximum Gasteiger partial charge on any atom is 0.255 e. The summed E-state index contributed by atoms with van der Waals surface area (Å²) in [6.45, 7) is 8.26. The number of imide groups is 1. The first kappa shape index (κ1) is 22.0. The van der Waals surface area contributed by atoms with Gasteiger partial charge in [0.15, 0.2) is 0 Å². The first-order valence-electron chi connectivity index (χ1n) is 13.0. The molecule has 4 fully saturated rings. The van der Waals surface area contributed by atoms with E-state index in [4.69, 9.17) is 0 Å². The number of carbonyl (C=O) groups is 3. The largest absolute Gasteiger partial charge is 0.369 e. The number of carbonyl (C=O) groups excluding carboxylic acids is 3. The Hall–Kier alpha value is -2.45. The van der Waals surface area contributed by atoms with E-state index in [2.05, 4.69) is 26.5 Å². The number of nitrogens with zero attached hydrogens (tertiary/aromatic N) is 3. The molecule has 1 saturated carbocycles. The highest BCUT2D eigenvalue weighted by Gasteiger charge is 2.45. The smallest absolute Gasteiger partial charge is 0.255 e.